The van der Waals surface area contributed by atoms with Crippen molar-refractivity contribution < 1.29 is 13.2 Å². The summed E-state index contributed by atoms with van der Waals surface area (Å²) in [6.45, 7) is 5.91. The molecule has 0 unspecified atom stereocenters. The van der Waals surface area contributed by atoms with Crippen LogP contribution < -0.4 is 0 Å². The third-order valence-corrected chi connectivity index (χ3v) is 2.82. The summed E-state index contributed by atoms with van der Waals surface area (Å²) in [4.78, 5) is 3.06. The summed E-state index contributed by atoms with van der Waals surface area (Å²) in [5.41, 5.74) is 0.662. The highest BCUT2D eigenvalue weighted by molar-refractivity contribution is 5.84. The Morgan fingerprint density at radius 1 is 1.18 bits per heavy atom. The first-order chi connectivity index (χ1) is 7.80. The Hall–Kier alpha value is -1.45. The maximum Gasteiger partial charge on any atom is 0.267 e. The molecular formula is C13H14F3N. The van der Waals surface area contributed by atoms with Crippen LogP contribution in [-0.4, -0.2) is 4.98 Å². The molecule has 0 aliphatic rings. The van der Waals surface area contributed by atoms with Crippen molar-refractivity contribution in [3.63, 3.8) is 0 Å². The molecule has 1 aromatic heterocycles. The lowest BCUT2D eigenvalue weighted by atomic mass is 9.92. The lowest BCUT2D eigenvalue weighted by molar-refractivity contribution is 0.148. The minimum Gasteiger partial charge on any atom is -0.358 e. The largest absolute Gasteiger partial charge is 0.358 e. The van der Waals surface area contributed by atoms with Gasteiger partial charge in [-0.1, -0.05) is 20.8 Å². The van der Waals surface area contributed by atoms with Gasteiger partial charge < -0.3 is 4.98 Å². The Morgan fingerprint density at radius 3 is 2.35 bits per heavy atom. The van der Waals surface area contributed by atoms with E-state index in [0.29, 0.717) is 5.52 Å². The standard InChI is InChI=1S/C13H14F3N/c1-13(2,3)10-6-7-9(17-10)5-4-8(14)11(7)12(15)16/h4-6,12,17H,1-3H3. The van der Waals surface area contributed by atoms with Gasteiger partial charge in [-0.15, -0.1) is 0 Å². The van der Waals surface area contributed by atoms with E-state index in [1.165, 1.54) is 6.07 Å². The Balaban J connectivity index is 2.73. The predicted octanol–water partition coefficient (Wildman–Crippen LogP) is 4.54. The number of aromatic nitrogens is 1. The van der Waals surface area contributed by atoms with Crippen LogP contribution in [0.5, 0.6) is 0 Å². The first-order valence-corrected chi connectivity index (χ1v) is 5.40. The molecule has 1 heterocycles. The molecule has 2 rings (SSSR count). The number of hydrogen-bond donors (Lipinski definition) is 1. The second-order valence-corrected chi connectivity index (χ2v) is 5.16. The summed E-state index contributed by atoms with van der Waals surface area (Å²) in [5.74, 6) is -0.855. The smallest absolute Gasteiger partial charge is 0.267 e. The van der Waals surface area contributed by atoms with Gasteiger partial charge in [-0.2, -0.15) is 0 Å². The lowest BCUT2D eigenvalue weighted by Crippen LogP contribution is -2.10. The molecule has 4 heteroatoms. The average molecular weight is 241 g/mol. The van der Waals surface area contributed by atoms with Gasteiger partial charge in [-0.3, -0.25) is 0 Å². The number of benzene rings is 1. The summed E-state index contributed by atoms with van der Waals surface area (Å²) in [7, 11) is 0. The second kappa shape index (κ2) is 3.79. The number of halogens is 3. The van der Waals surface area contributed by atoms with E-state index in [2.05, 4.69) is 4.98 Å². The Bertz CT molecular complexity index is 550. The van der Waals surface area contributed by atoms with Crippen LogP contribution in [0.2, 0.25) is 0 Å². The fourth-order valence-electron chi connectivity index (χ4n) is 1.83. The molecule has 0 fully saturated rings. The number of aromatic amines is 1. The highest BCUT2D eigenvalue weighted by Gasteiger charge is 2.22. The SMILES string of the molecule is CC(C)(C)c1cc2c(C(F)F)c(F)ccc2[nH]1. The molecule has 2 aromatic rings. The molecule has 0 amide bonds. The Kier molecular flexibility index (Phi) is 2.68. The fraction of sp³-hybridized carbons (Fsp3) is 0.385. The van der Waals surface area contributed by atoms with E-state index in [-0.39, 0.29) is 10.8 Å². The second-order valence-electron chi connectivity index (χ2n) is 5.16. The minimum absolute atomic E-state index is 0.186. The molecule has 0 aliphatic heterocycles. The van der Waals surface area contributed by atoms with Crippen LogP contribution in [0.25, 0.3) is 10.9 Å². The number of H-pyrrole nitrogens is 1. The number of hydrogen-bond acceptors (Lipinski definition) is 0. The van der Waals surface area contributed by atoms with Crippen LogP contribution in [0.3, 0.4) is 0 Å². The molecule has 92 valence electrons. The summed E-state index contributed by atoms with van der Waals surface area (Å²) in [5, 5.41) is 0.268. The van der Waals surface area contributed by atoms with Crippen LogP contribution in [0.1, 0.15) is 38.5 Å². The molecule has 0 aliphatic carbocycles. The van der Waals surface area contributed by atoms with Crippen LogP contribution in [-0.2, 0) is 5.41 Å². The van der Waals surface area contributed by atoms with Gasteiger partial charge >= 0.3 is 0 Å². The Labute approximate surface area is 97.6 Å². The zero-order valence-electron chi connectivity index (χ0n) is 9.94. The van der Waals surface area contributed by atoms with Gasteiger partial charge in [0.25, 0.3) is 6.43 Å². The van der Waals surface area contributed by atoms with E-state index < -0.39 is 17.8 Å². The molecule has 0 atom stereocenters. The quantitative estimate of drug-likeness (QED) is 0.754. The highest BCUT2D eigenvalue weighted by Crippen LogP contribution is 2.33. The monoisotopic (exact) mass is 241 g/mol. The van der Waals surface area contributed by atoms with Crippen molar-refractivity contribution in [2.45, 2.75) is 32.6 Å². The zero-order chi connectivity index (χ0) is 12.8. The molecule has 0 saturated heterocycles. The Morgan fingerprint density at radius 2 is 1.82 bits per heavy atom. The number of alkyl halides is 2. The number of nitrogens with one attached hydrogen (secondary N) is 1. The number of fused-ring (bicyclic) bond motifs is 1. The maximum atomic E-state index is 13.4. The van der Waals surface area contributed by atoms with Crippen molar-refractivity contribution in [3.8, 4) is 0 Å². The van der Waals surface area contributed by atoms with Gasteiger partial charge in [-0.05, 0) is 18.2 Å². The van der Waals surface area contributed by atoms with Gasteiger partial charge in [0.15, 0.2) is 0 Å². The fourth-order valence-corrected chi connectivity index (χ4v) is 1.83. The molecule has 17 heavy (non-hydrogen) atoms. The van der Waals surface area contributed by atoms with Gasteiger partial charge in [0.2, 0.25) is 0 Å². The van der Waals surface area contributed by atoms with Gasteiger partial charge in [0.1, 0.15) is 5.82 Å². The van der Waals surface area contributed by atoms with Crippen LogP contribution in [0.4, 0.5) is 13.2 Å². The molecule has 0 radical (unpaired) electrons. The summed E-state index contributed by atoms with van der Waals surface area (Å²) in [6.07, 6.45) is -2.80. The first kappa shape index (κ1) is 12.0. The minimum atomic E-state index is -2.80. The first-order valence-electron chi connectivity index (χ1n) is 5.40. The molecule has 1 N–H and O–H groups in total. The van der Waals surface area contributed by atoms with Crippen molar-refractivity contribution >= 4 is 10.9 Å². The summed E-state index contributed by atoms with van der Waals surface area (Å²) < 4.78 is 39.0. The van der Waals surface area contributed by atoms with Gasteiger partial charge in [0.05, 0.1) is 5.56 Å². The van der Waals surface area contributed by atoms with E-state index in [1.54, 1.807) is 6.07 Å². The molecular weight excluding hydrogens is 227 g/mol. The van der Waals surface area contributed by atoms with Crippen LogP contribution in [0.15, 0.2) is 18.2 Å². The average Bonchev–Trinajstić information content (AvgIpc) is 2.59. The maximum absolute atomic E-state index is 13.4. The van der Waals surface area contributed by atoms with Crippen molar-refractivity contribution in [3.05, 3.63) is 35.3 Å². The molecule has 1 aromatic carbocycles. The number of rotatable bonds is 1. The van der Waals surface area contributed by atoms with Crippen molar-refractivity contribution in [2.75, 3.05) is 0 Å². The summed E-state index contributed by atoms with van der Waals surface area (Å²) in [6, 6.07) is 4.18. The predicted molar refractivity (Wildman–Crippen MR) is 61.9 cm³/mol. The normalized spacial score (nSPS) is 12.6. The van der Waals surface area contributed by atoms with E-state index in [0.717, 1.165) is 11.8 Å². The summed E-state index contributed by atoms with van der Waals surface area (Å²) >= 11 is 0. The van der Waals surface area contributed by atoms with E-state index >= 15 is 0 Å². The van der Waals surface area contributed by atoms with Gasteiger partial charge in [0, 0.05) is 22.0 Å². The van der Waals surface area contributed by atoms with E-state index in [4.69, 9.17) is 0 Å². The third kappa shape index (κ3) is 2.04. The lowest BCUT2D eigenvalue weighted by Gasteiger charge is -2.15. The van der Waals surface area contributed by atoms with E-state index in [1.807, 2.05) is 20.8 Å². The molecule has 0 bridgehead atoms. The molecule has 0 spiro atoms. The van der Waals surface area contributed by atoms with Crippen LogP contribution >= 0.6 is 0 Å². The van der Waals surface area contributed by atoms with E-state index in [9.17, 15) is 13.2 Å². The van der Waals surface area contributed by atoms with Crippen molar-refractivity contribution in [1.82, 2.24) is 4.98 Å². The van der Waals surface area contributed by atoms with Crippen molar-refractivity contribution in [1.29, 1.82) is 0 Å². The van der Waals surface area contributed by atoms with Crippen LogP contribution in [0, 0.1) is 5.82 Å². The van der Waals surface area contributed by atoms with Gasteiger partial charge in [-0.25, -0.2) is 13.2 Å². The molecule has 0 saturated carbocycles. The third-order valence-electron chi connectivity index (χ3n) is 2.82. The highest BCUT2D eigenvalue weighted by atomic mass is 19.3. The topological polar surface area (TPSA) is 15.8 Å². The molecule has 1 nitrogen and oxygen atoms in total. The van der Waals surface area contributed by atoms with Crippen molar-refractivity contribution in [2.24, 2.45) is 0 Å². The zero-order valence-corrected chi connectivity index (χ0v) is 9.94.